The Morgan fingerprint density at radius 3 is 2.55 bits per heavy atom. The maximum atomic E-state index is 13.9. The van der Waals surface area contributed by atoms with Gasteiger partial charge in [0.05, 0.1) is 23.2 Å². The Morgan fingerprint density at radius 2 is 1.85 bits per heavy atom. The number of hydrogen-bond acceptors (Lipinski definition) is 6. The minimum atomic E-state index is -0.534. The number of nitriles is 1. The average molecular weight is 569 g/mol. The summed E-state index contributed by atoms with van der Waals surface area (Å²) in [5.74, 6) is 1.54. The summed E-state index contributed by atoms with van der Waals surface area (Å²) in [5, 5.41) is 10.8. The van der Waals surface area contributed by atoms with Gasteiger partial charge < -0.3 is 5.73 Å². The number of nitrogens with zero attached hydrogens (tertiary/aromatic N) is 3. The zero-order valence-corrected chi connectivity index (χ0v) is 24.9. The van der Waals surface area contributed by atoms with Crippen LogP contribution in [0.4, 0.5) is 5.69 Å². The summed E-state index contributed by atoms with van der Waals surface area (Å²) >= 11 is 8.39. The fourth-order valence-corrected chi connectivity index (χ4v) is 7.14. The van der Waals surface area contributed by atoms with E-state index < -0.39 is 5.92 Å². The van der Waals surface area contributed by atoms with E-state index in [0.717, 1.165) is 28.3 Å². The molecule has 1 atom stereocenters. The first-order valence-corrected chi connectivity index (χ1v) is 14.9. The van der Waals surface area contributed by atoms with Crippen LogP contribution < -0.4 is 10.6 Å². The second-order valence-electron chi connectivity index (χ2n) is 11.4. The average Bonchev–Trinajstić information content (AvgIpc) is 2.90. The van der Waals surface area contributed by atoms with Crippen molar-refractivity contribution in [2.75, 3.05) is 4.90 Å². The second kappa shape index (κ2) is 11.2. The van der Waals surface area contributed by atoms with Gasteiger partial charge in [0.2, 0.25) is 0 Å². The fraction of sp³-hybridized carbons (Fsp3) is 0.303. The lowest BCUT2D eigenvalue weighted by Gasteiger charge is -2.44. The van der Waals surface area contributed by atoms with Crippen molar-refractivity contribution in [2.45, 2.75) is 58.0 Å². The summed E-state index contributed by atoms with van der Waals surface area (Å²) in [6.45, 7) is 8.35. The molecule has 204 valence electrons. The van der Waals surface area contributed by atoms with Gasteiger partial charge in [-0.2, -0.15) is 17.0 Å². The van der Waals surface area contributed by atoms with Crippen molar-refractivity contribution in [1.29, 1.82) is 5.26 Å². The van der Waals surface area contributed by atoms with Crippen molar-refractivity contribution in [3.63, 3.8) is 0 Å². The number of carbonyl (C=O) groups excluding carboxylic acids is 1. The Morgan fingerprint density at radius 1 is 1.10 bits per heavy atom. The number of ketones is 1. The molecule has 0 radical (unpaired) electrons. The number of benzene rings is 2. The molecule has 1 aromatic heterocycles. The number of aryl methyl sites for hydroxylation is 2. The molecule has 0 amide bonds. The molecule has 0 bridgehead atoms. The van der Waals surface area contributed by atoms with E-state index in [4.69, 9.17) is 17.3 Å². The van der Waals surface area contributed by atoms with E-state index in [1.807, 2.05) is 23.9 Å². The number of rotatable bonds is 6. The Balaban J connectivity index is 1.63. The van der Waals surface area contributed by atoms with E-state index in [2.05, 4.69) is 75.1 Å². The number of pyridine rings is 1. The molecular formula is C33H33ClN4OS. The Kier molecular flexibility index (Phi) is 7.81. The van der Waals surface area contributed by atoms with Gasteiger partial charge in [-0.3, -0.25) is 9.69 Å². The third kappa shape index (κ3) is 5.29. The highest BCUT2D eigenvalue weighted by molar-refractivity contribution is 7.97. The van der Waals surface area contributed by atoms with Crippen LogP contribution in [-0.2, 0) is 16.3 Å². The molecule has 7 heteroatoms. The predicted octanol–water partition coefficient (Wildman–Crippen LogP) is 7.73. The van der Waals surface area contributed by atoms with Crippen LogP contribution in [0.5, 0.6) is 0 Å². The summed E-state index contributed by atoms with van der Waals surface area (Å²) in [5.41, 5.74) is 14.6. The van der Waals surface area contributed by atoms with Gasteiger partial charge in [-0.1, -0.05) is 67.9 Å². The van der Waals surface area contributed by atoms with Gasteiger partial charge in [-0.15, -0.1) is 0 Å². The number of aromatic nitrogens is 1. The number of thioether (sulfide) groups is 1. The standard InChI is InChI=1S/C33H33ClN4OS/c1-20-13-21(2)24(14-23(20)19-40-18-22-9-6-5-7-10-22)29-25(17-35)32(36)38(26-11-8-12-37-31(26)34)27-15-33(3,4)16-28(39)30(27)29/h5-14,29H,15-16,18-19,36H2,1-4H3. The Labute approximate surface area is 245 Å². The fourth-order valence-electron chi connectivity index (χ4n) is 5.88. The molecule has 0 saturated heterocycles. The van der Waals surface area contributed by atoms with Crippen LogP contribution in [0.15, 0.2) is 83.5 Å². The monoisotopic (exact) mass is 568 g/mol. The first-order chi connectivity index (χ1) is 19.1. The van der Waals surface area contributed by atoms with Gasteiger partial charge in [-0.05, 0) is 65.6 Å². The molecule has 1 aliphatic heterocycles. The lowest BCUT2D eigenvalue weighted by molar-refractivity contribution is -0.118. The highest BCUT2D eigenvalue weighted by Crippen LogP contribution is 2.51. The Hall–Kier alpha value is -3.53. The van der Waals surface area contributed by atoms with Gasteiger partial charge in [0.15, 0.2) is 10.9 Å². The molecule has 0 fully saturated rings. The topological polar surface area (TPSA) is 83.0 Å². The van der Waals surface area contributed by atoms with Crippen LogP contribution in [0.25, 0.3) is 0 Å². The van der Waals surface area contributed by atoms with Crippen LogP contribution in [0, 0.1) is 30.6 Å². The van der Waals surface area contributed by atoms with Crippen LogP contribution >= 0.6 is 23.4 Å². The molecule has 2 N–H and O–H groups in total. The minimum Gasteiger partial charge on any atom is -0.384 e. The first-order valence-electron chi connectivity index (χ1n) is 13.4. The largest absolute Gasteiger partial charge is 0.384 e. The lowest BCUT2D eigenvalue weighted by atomic mass is 9.68. The third-order valence-corrected chi connectivity index (χ3v) is 9.11. The summed E-state index contributed by atoms with van der Waals surface area (Å²) in [6.07, 6.45) is 2.64. The molecule has 5 nitrogen and oxygen atoms in total. The van der Waals surface area contributed by atoms with Crippen molar-refractivity contribution in [2.24, 2.45) is 11.1 Å². The van der Waals surface area contributed by atoms with Crippen molar-refractivity contribution >= 4 is 34.8 Å². The summed E-state index contributed by atoms with van der Waals surface area (Å²) in [6, 6.07) is 20.8. The van der Waals surface area contributed by atoms with Gasteiger partial charge in [-0.25, -0.2) is 4.98 Å². The highest BCUT2D eigenvalue weighted by atomic mass is 35.5. The molecule has 5 rings (SSSR count). The maximum absolute atomic E-state index is 13.9. The predicted molar refractivity (Wildman–Crippen MR) is 164 cm³/mol. The van der Waals surface area contributed by atoms with Gasteiger partial charge in [0.1, 0.15) is 5.82 Å². The van der Waals surface area contributed by atoms with Crippen molar-refractivity contribution in [1.82, 2.24) is 4.98 Å². The summed E-state index contributed by atoms with van der Waals surface area (Å²) < 4.78 is 0. The van der Waals surface area contributed by atoms with Crippen molar-refractivity contribution < 1.29 is 4.79 Å². The molecule has 2 aliphatic rings. The zero-order valence-electron chi connectivity index (χ0n) is 23.3. The van der Waals surface area contributed by atoms with Crippen LogP contribution in [0.3, 0.4) is 0 Å². The van der Waals surface area contributed by atoms with Crippen molar-refractivity contribution in [3.05, 3.63) is 116 Å². The smallest absolute Gasteiger partial charge is 0.162 e. The first kappa shape index (κ1) is 28.0. The lowest BCUT2D eigenvalue weighted by Crippen LogP contribution is -2.42. The van der Waals surface area contributed by atoms with Crippen LogP contribution in [0.1, 0.15) is 60.4 Å². The zero-order chi connectivity index (χ0) is 28.6. The molecule has 40 heavy (non-hydrogen) atoms. The molecule has 0 spiro atoms. The molecule has 3 aromatic rings. The van der Waals surface area contributed by atoms with Gasteiger partial charge >= 0.3 is 0 Å². The number of hydrogen-bond donors (Lipinski definition) is 1. The number of Topliss-reactive ketones (excluding diaryl/α,β-unsaturated/α-hetero) is 1. The van der Waals surface area contributed by atoms with E-state index in [1.54, 1.807) is 17.2 Å². The molecule has 2 aromatic carbocycles. The number of halogens is 1. The maximum Gasteiger partial charge on any atom is 0.162 e. The number of carbonyl (C=O) groups is 1. The Bertz CT molecular complexity index is 1590. The van der Waals surface area contributed by atoms with E-state index in [9.17, 15) is 10.1 Å². The van der Waals surface area contributed by atoms with Gasteiger partial charge in [0.25, 0.3) is 0 Å². The molecule has 1 unspecified atom stereocenters. The third-order valence-electron chi connectivity index (χ3n) is 7.77. The molecule has 2 heterocycles. The van der Waals surface area contributed by atoms with Gasteiger partial charge in [0, 0.05) is 35.4 Å². The quantitative estimate of drug-likeness (QED) is 0.306. The SMILES string of the molecule is Cc1cc(C)c(C2C(C#N)=C(N)N(c3cccnc3Cl)C3=C2C(=O)CC(C)(C)C3)cc1CSCc1ccccc1. The number of allylic oxidation sites excluding steroid dienone is 3. The molecular weight excluding hydrogens is 536 g/mol. The van der Waals surface area contributed by atoms with E-state index in [1.165, 1.54) is 16.7 Å². The molecule has 1 aliphatic carbocycles. The van der Waals surface area contributed by atoms with E-state index >= 15 is 0 Å². The number of nitrogens with two attached hydrogens (primary N) is 1. The van der Waals surface area contributed by atoms with Crippen molar-refractivity contribution in [3.8, 4) is 6.07 Å². The summed E-state index contributed by atoms with van der Waals surface area (Å²) in [7, 11) is 0. The van der Waals surface area contributed by atoms with Crippen LogP contribution in [0.2, 0.25) is 5.15 Å². The van der Waals surface area contributed by atoms with E-state index in [-0.39, 0.29) is 16.4 Å². The normalized spacial score (nSPS) is 18.6. The highest BCUT2D eigenvalue weighted by Gasteiger charge is 2.45. The summed E-state index contributed by atoms with van der Waals surface area (Å²) in [4.78, 5) is 20.0. The van der Waals surface area contributed by atoms with Crippen LogP contribution in [-0.4, -0.2) is 10.8 Å². The minimum absolute atomic E-state index is 0.0430. The number of anilines is 1. The van der Waals surface area contributed by atoms with E-state index in [0.29, 0.717) is 35.5 Å². The second-order valence-corrected chi connectivity index (χ2v) is 12.8. The molecule has 0 saturated carbocycles.